The zero-order chi connectivity index (χ0) is 7.98. The third-order valence-corrected chi connectivity index (χ3v) is 1.11. The van der Waals surface area contributed by atoms with Gasteiger partial charge in [0.1, 0.15) is 5.78 Å². The van der Waals surface area contributed by atoms with Crippen molar-refractivity contribution >= 4 is 5.78 Å². The smallest absolute Gasteiger partial charge is 0.140 e. The number of hydrogen-bond acceptors (Lipinski definition) is 1. The van der Waals surface area contributed by atoms with Gasteiger partial charge in [-0.2, -0.15) is 0 Å². The predicted octanol–water partition coefficient (Wildman–Crippen LogP) is 2.49. The number of carbonyl (C=O) groups is 1. The Morgan fingerprint density at radius 1 is 1.40 bits per heavy atom. The van der Waals surface area contributed by atoms with Crippen molar-refractivity contribution in [3.8, 4) is 0 Å². The van der Waals surface area contributed by atoms with Gasteiger partial charge in [0.05, 0.1) is 0 Å². The van der Waals surface area contributed by atoms with E-state index in [2.05, 4.69) is 6.58 Å². The van der Waals surface area contributed by atoms with Crippen LogP contribution >= 0.6 is 0 Å². The summed E-state index contributed by atoms with van der Waals surface area (Å²) in [6.45, 7) is 7.46. The van der Waals surface area contributed by atoms with Crippen LogP contribution in [-0.2, 0) is 4.79 Å². The second-order valence-corrected chi connectivity index (χ2v) is 2.52. The Hall–Kier alpha value is -0.850. The molecule has 0 aromatic heterocycles. The fourth-order valence-electron chi connectivity index (χ4n) is 0.562. The van der Waals surface area contributed by atoms with Crippen LogP contribution in [-0.4, -0.2) is 5.78 Å². The normalized spacial score (nSPS) is 8.60. The van der Waals surface area contributed by atoms with E-state index in [-0.39, 0.29) is 5.78 Å². The molecule has 0 unspecified atom stereocenters. The topological polar surface area (TPSA) is 17.1 Å². The van der Waals surface area contributed by atoms with E-state index < -0.39 is 0 Å². The largest absolute Gasteiger partial charge is 0.299 e. The first-order valence-electron chi connectivity index (χ1n) is 3.42. The van der Waals surface area contributed by atoms with E-state index >= 15 is 0 Å². The van der Waals surface area contributed by atoms with Gasteiger partial charge in [-0.25, -0.2) is 0 Å². The molecule has 56 valence electrons. The predicted molar refractivity (Wildman–Crippen MR) is 43.9 cm³/mol. The summed E-state index contributed by atoms with van der Waals surface area (Å²) in [6.07, 6.45) is 4.62. The van der Waals surface area contributed by atoms with Crippen LogP contribution in [0.3, 0.4) is 0 Å². The van der Waals surface area contributed by atoms with Crippen LogP contribution in [0.1, 0.15) is 26.7 Å². The van der Waals surface area contributed by atoms with E-state index in [1.165, 1.54) is 5.57 Å². The van der Waals surface area contributed by atoms with Gasteiger partial charge < -0.3 is 0 Å². The van der Waals surface area contributed by atoms with Gasteiger partial charge in [-0.05, 0) is 13.8 Å². The van der Waals surface area contributed by atoms with E-state index in [1.807, 2.05) is 19.9 Å². The molecule has 0 aliphatic heterocycles. The van der Waals surface area contributed by atoms with Gasteiger partial charge in [-0.15, -0.1) is 6.58 Å². The highest BCUT2D eigenvalue weighted by Crippen LogP contribution is 1.96. The Balaban J connectivity index is 3.59. The summed E-state index contributed by atoms with van der Waals surface area (Å²) in [7, 11) is 0. The summed E-state index contributed by atoms with van der Waals surface area (Å²) < 4.78 is 0. The van der Waals surface area contributed by atoms with Crippen LogP contribution in [0.25, 0.3) is 0 Å². The van der Waals surface area contributed by atoms with Crippen molar-refractivity contribution in [2.45, 2.75) is 26.7 Å². The molecule has 0 N–H and O–H groups in total. The molecule has 10 heavy (non-hydrogen) atoms. The first-order valence-corrected chi connectivity index (χ1v) is 3.42. The van der Waals surface area contributed by atoms with Crippen molar-refractivity contribution in [1.29, 1.82) is 0 Å². The molecule has 1 nitrogen and oxygen atoms in total. The van der Waals surface area contributed by atoms with Crippen molar-refractivity contribution < 1.29 is 4.79 Å². The second kappa shape index (κ2) is 4.98. The number of Topliss-reactive ketones (excluding diaryl/α,β-unsaturated/α-hetero) is 1. The summed E-state index contributed by atoms with van der Waals surface area (Å²) >= 11 is 0. The van der Waals surface area contributed by atoms with E-state index in [9.17, 15) is 4.79 Å². The van der Waals surface area contributed by atoms with E-state index in [0.29, 0.717) is 12.8 Å². The minimum atomic E-state index is 0.233. The molecule has 0 heterocycles. The van der Waals surface area contributed by atoms with Crippen LogP contribution in [0.5, 0.6) is 0 Å². The molecule has 0 bridgehead atoms. The van der Waals surface area contributed by atoms with Crippen LogP contribution in [0.4, 0.5) is 0 Å². The zero-order valence-corrected chi connectivity index (χ0v) is 6.68. The summed E-state index contributed by atoms with van der Waals surface area (Å²) in [5.74, 6) is 0.233. The minimum Gasteiger partial charge on any atom is -0.299 e. The molecular formula is C9H14O. The summed E-state index contributed by atoms with van der Waals surface area (Å²) in [4.78, 5) is 10.8. The standard InChI is InChI=1S/C9H14O/c1-4-5-9(10)7-6-8(2)3/h4,6H,1,5,7H2,2-3H3. The first kappa shape index (κ1) is 9.15. The maximum Gasteiger partial charge on any atom is 0.140 e. The fraction of sp³-hybridized carbons (Fsp3) is 0.444. The molecular weight excluding hydrogens is 124 g/mol. The SMILES string of the molecule is C=CCC(=O)CC=C(C)C. The van der Waals surface area contributed by atoms with Gasteiger partial charge in [0.2, 0.25) is 0 Å². The first-order chi connectivity index (χ1) is 4.66. The lowest BCUT2D eigenvalue weighted by atomic mass is 10.2. The average Bonchev–Trinajstić information content (AvgIpc) is 1.85. The minimum absolute atomic E-state index is 0.233. The van der Waals surface area contributed by atoms with Gasteiger partial charge in [0.15, 0.2) is 0 Å². The molecule has 0 fully saturated rings. The van der Waals surface area contributed by atoms with Gasteiger partial charge in [-0.3, -0.25) is 4.79 Å². The van der Waals surface area contributed by atoms with Crippen LogP contribution in [0, 0.1) is 0 Å². The lowest BCUT2D eigenvalue weighted by molar-refractivity contribution is -0.117. The van der Waals surface area contributed by atoms with Crippen molar-refractivity contribution in [1.82, 2.24) is 0 Å². The number of rotatable bonds is 4. The quantitative estimate of drug-likeness (QED) is 0.545. The summed E-state index contributed by atoms with van der Waals surface area (Å²) in [5.41, 5.74) is 1.19. The lowest BCUT2D eigenvalue weighted by Crippen LogP contribution is -1.92. The highest BCUT2D eigenvalue weighted by atomic mass is 16.1. The van der Waals surface area contributed by atoms with Crippen LogP contribution in [0.2, 0.25) is 0 Å². The third kappa shape index (κ3) is 5.29. The summed E-state index contributed by atoms with van der Waals surface area (Å²) in [5, 5.41) is 0. The molecule has 0 aliphatic rings. The zero-order valence-electron chi connectivity index (χ0n) is 6.68. The highest BCUT2D eigenvalue weighted by Gasteiger charge is 1.93. The van der Waals surface area contributed by atoms with Crippen molar-refractivity contribution in [3.05, 3.63) is 24.3 Å². The van der Waals surface area contributed by atoms with Crippen LogP contribution in [0.15, 0.2) is 24.3 Å². The number of allylic oxidation sites excluding steroid dienone is 3. The monoisotopic (exact) mass is 138 g/mol. The Bertz CT molecular complexity index is 150. The van der Waals surface area contributed by atoms with Crippen molar-refractivity contribution in [3.63, 3.8) is 0 Å². The number of hydrogen-bond donors (Lipinski definition) is 0. The maximum atomic E-state index is 10.8. The number of ketones is 1. The van der Waals surface area contributed by atoms with Crippen LogP contribution < -0.4 is 0 Å². The third-order valence-electron chi connectivity index (χ3n) is 1.11. The molecule has 0 saturated carbocycles. The molecule has 0 radical (unpaired) electrons. The Labute approximate surface area is 62.4 Å². The van der Waals surface area contributed by atoms with Gasteiger partial charge >= 0.3 is 0 Å². The summed E-state index contributed by atoms with van der Waals surface area (Å²) in [6, 6.07) is 0. The fourth-order valence-corrected chi connectivity index (χ4v) is 0.562. The molecule has 0 aliphatic carbocycles. The Morgan fingerprint density at radius 3 is 2.40 bits per heavy atom. The van der Waals surface area contributed by atoms with E-state index in [0.717, 1.165) is 0 Å². The molecule has 0 atom stereocenters. The van der Waals surface area contributed by atoms with Gasteiger partial charge in [-0.1, -0.05) is 17.7 Å². The lowest BCUT2D eigenvalue weighted by Gasteiger charge is -1.90. The molecule has 0 saturated heterocycles. The van der Waals surface area contributed by atoms with Gasteiger partial charge in [0, 0.05) is 12.8 Å². The van der Waals surface area contributed by atoms with E-state index in [4.69, 9.17) is 0 Å². The number of carbonyl (C=O) groups excluding carboxylic acids is 1. The van der Waals surface area contributed by atoms with Crippen molar-refractivity contribution in [2.24, 2.45) is 0 Å². The van der Waals surface area contributed by atoms with E-state index in [1.54, 1.807) is 6.08 Å². The second-order valence-electron chi connectivity index (χ2n) is 2.52. The molecule has 0 rings (SSSR count). The Morgan fingerprint density at radius 2 is 2.00 bits per heavy atom. The van der Waals surface area contributed by atoms with Gasteiger partial charge in [0.25, 0.3) is 0 Å². The molecule has 0 aromatic carbocycles. The molecule has 0 amide bonds. The maximum absolute atomic E-state index is 10.8. The average molecular weight is 138 g/mol. The molecule has 0 aromatic rings. The van der Waals surface area contributed by atoms with Crippen molar-refractivity contribution in [2.75, 3.05) is 0 Å². The molecule has 0 spiro atoms. The molecule has 1 heteroatoms. The Kier molecular flexibility index (Phi) is 4.55. The highest BCUT2D eigenvalue weighted by molar-refractivity contribution is 5.81.